The molecule has 5 aromatic heterocycles. The number of fused-ring (bicyclic) bond motifs is 1. The van der Waals surface area contributed by atoms with Crippen molar-refractivity contribution in [2.45, 2.75) is 33.4 Å². The van der Waals surface area contributed by atoms with Crippen molar-refractivity contribution in [1.82, 2.24) is 44.5 Å². The lowest BCUT2D eigenvalue weighted by Gasteiger charge is -2.11. The fraction of sp³-hybridized carbons (Fsp3) is 0.227. The molecular weight excluding hydrogens is 418 g/mol. The van der Waals surface area contributed by atoms with E-state index < -0.39 is 0 Å². The van der Waals surface area contributed by atoms with Crippen LogP contribution < -0.4 is 5.32 Å². The Balaban J connectivity index is 1.59. The molecule has 0 aliphatic carbocycles. The highest BCUT2D eigenvalue weighted by atomic mass is 15.4. The summed E-state index contributed by atoms with van der Waals surface area (Å²) in [5, 5.41) is 30.7. The van der Waals surface area contributed by atoms with Gasteiger partial charge in [-0.25, -0.2) is 9.97 Å². The average Bonchev–Trinajstić information content (AvgIpc) is 3.58. The van der Waals surface area contributed by atoms with Crippen molar-refractivity contribution in [1.29, 1.82) is 5.26 Å². The second-order valence-corrected chi connectivity index (χ2v) is 7.47. The van der Waals surface area contributed by atoms with Gasteiger partial charge in [0.05, 0.1) is 35.5 Å². The molecule has 0 atom stereocenters. The Hall–Kier alpha value is -4.59. The molecule has 0 bridgehead atoms. The van der Waals surface area contributed by atoms with Crippen LogP contribution in [0.3, 0.4) is 0 Å². The van der Waals surface area contributed by atoms with E-state index in [2.05, 4.69) is 48.8 Å². The molecule has 0 spiro atoms. The molecule has 0 aliphatic heterocycles. The average molecular weight is 439 g/mol. The lowest BCUT2D eigenvalue weighted by Crippen LogP contribution is -2.03. The lowest BCUT2D eigenvalue weighted by molar-refractivity contribution is 0.579. The number of nitrogens with one attached hydrogen (secondary N) is 1. The second kappa shape index (κ2) is 8.51. The third kappa shape index (κ3) is 3.89. The SMILES string of the molecule is CCCn1cc(-c2cnc(-n3ncc4cc(C#N)cnc43)cc2Nc2cnn(CC)c2)nn1. The molecule has 164 valence electrons. The van der Waals surface area contributed by atoms with Crippen molar-refractivity contribution in [3.63, 3.8) is 0 Å². The normalized spacial score (nSPS) is 11.1. The van der Waals surface area contributed by atoms with Crippen LogP contribution in [-0.4, -0.2) is 44.5 Å². The van der Waals surface area contributed by atoms with Gasteiger partial charge in [0.25, 0.3) is 0 Å². The quantitative estimate of drug-likeness (QED) is 0.409. The van der Waals surface area contributed by atoms with Gasteiger partial charge >= 0.3 is 0 Å². The highest BCUT2D eigenvalue weighted by Crippen LogP contribution is 2.30. The van der Waals surface area contributed by atoms with E-state index in [9.17, 15) is 0 Å². The summed E-state index contributed by atoms with van der Waals surface area (Å²) in [7, 11) is 0. The van der Waals surface area contributed by atoms with Crippen LogP contribution in [0.15, 0.2) is 49.3 Å². The molecule has 0 aliphatic rings. The molecule has 5 heterocycles. The van der Waals surface area contributed by atoms with Gasteiger partial charge in [0.1, 0.15) is 11.8 Å². The molecule has 0 radical (unpaired) electrons. The topological polar surface area (TPSA) is 128 Å². The van der Waals surface area contributed by atoms with Crippen LogP contribution in [0.25, 0.3) is 28.1 Å². The number of nitriles is 1. The van der Waals surface area contributed by atoms with Crippen molar-refractivity contribution in [3.05, 3.63) is 54.9 Å². The highest BCUT2D eigenvalue weighted by molar-refractivity contribution is 5.81. The van der Waals surface area contributed by atoms with E-state index in [0.717, 1.165) is 47.5 Å². The number of hydrogen-bond acceptors (Lipinski definition) is 8. The molecular formula is C22H21N11. The van der Waals surface area contributed by atoms with Gasteiger partial charge in [-0.1, -0.05) is 12.1 Å². The van der Waals surface area contributed by atoms with Crippen molar-refractivity contribution in [2.24, 2.45) is 0 Å². The van der Waals surface area contributed by atoms with Crippen LogP contribution >= 0.6 is 0 Å². The van der Waals surface area contributed by atoms with Gasteiger partial charge in [0.15, 0.2) is 11.5 Å². The van der Waals surface area contributed by atoms with E-state index in [0.29, 0.717) is 17.0 Å². The second-order valence-electron chi connectivity index (χ2n) is 7.47. The molecule has 5 aromatic rings. The Morgan fingerprint density at radius 2 is 1.91 bits per heavy atom. The van der Waals surface area contributed by atoms with Gasteiger partial charge in [0.2, 0.25) is 0 Å². The molecule has 0 saturated carbocycles. The predicted molar refractivity (Wildman–Crippen MR) is 122 cm³/mol. The van der Waals surface area contributed by atoms with Crippen LogP contribution in [0.4, 0.5) is 11.4 Å². The molecule has 11 heteroatoms. The minimum Gasteiger partial charge on any atom is -0.352 e. The van der Waals surface area contributed by atoms with E-state index in [1.165, 1.54) is 6.20 Å². The number of pyridine rings is 2. The fourth-order valence-corrected chi connectivity index (χ4v) is 3.53. The Labute approximate surface area is 189 Å². The molecule has 0 saturated heterocycles. The molecule has 1 N–H and O–H groups in total. The zero-order chi connectivity index (χ0) is 22.8. The van der Waals surface area contributed by atoms with Crippen molar-refractivity contribution in [3.8, 4) is 23.1 Å². The smallest absolute Gasteiger partial charge is 0.164 e. The number of aromatic nitrogens is 9. The van der Waals surface area contributed by atoms with E-state index in [1.807, 2.05) is 34.7 Å². The van der Waals surface area contributed by atoms with Gasteiger partial charge in [-0.2, -0.15) is 20.1 Å². The summed E-state index contributed by atoms with van der Waals surface area (Å²) < 4.78 is 5.31. The lowest BCUT2D eigenvalue weighted by atomic mass is 10.1. The first kappa shape index (κ1) is 20.3. The summed E-state index contributed by atoms with van der Waals surface area (Å²) >= 11 is 0. The number of anilines is 2. The van der Waals surface area contributed by atoms with Crippen LogP contribution in [0.5, 0.6) is 0 Å². The number of hydrogen-bond donors (Lipinski definition) is 1. The summed E-state index contributed by atoms with van der Waals surface area (Å²) in [6.45, 7) is 5.70. The monoisotopic (exact) mass is 439 g/mol. The minimum absolute atomic E-state index is 0.482. The standard InChI is InChI=1S/C22H21N11/c1-3-5-32-14-20(29-30-32)18-12-24-21(7-19(18)28-17-11-26-31(4-2)13-17)33-22-16(10-27-33)6-15(8-23)9-25-22/h6-7,9-14H,3-5H2,1-2H3,(H,24,28). The molecule has 33 heavy (non-hydrogen) atoms. The first-order valence-corrected chi connectivity index (χ1v) is 10.6. The van der Waals surface area contributed by atoms with Gasteiger partial charge in [-0.15, -0.1) is 5.10 Å². The number of nitrogens with zero attached hydrogens (tertiary/aromatic N) is 10. The van der Waals surface area contributed by atoms with Crippen LogP contribution in [-0.2, 0) is 13.1 Å². The minimum atomic E-state index is 0.482. The third-order valence-electron chi connectivity index (χ3n) is 5.15. The first-order chi connectivity index (χ1) is 16.2. The zero-order valence-electron chi connectivity index (χ0n) is 18.2. The maximum absolute atomic E-state index is 9.13. The summed E-state index contributed by atoms with van der Waals surface area (Å²) in [5.74, 6) is 0.581. The number of aryl methyl sites for hydroxylation is 2. The van der Waals surface area contributed by atoms with E-state index in [1.54, 1.807) is 29.3 Å². The number of rotatable bonds is 7. The van der Waals surface area contributed by atoms with E-state index in [-0.39, 0.29) is 0 Å². The first-order valence-electron chi connectivity index (χ1n) is 10.6. The molecule has 0 unspecified atom stereocenters. The Kier molecular flexibility index (Phi) is 5.24. The maximum Gasteiger partial charge on any atom is 0.164 e. The van der Waals surface area contributed by atoms with Crippen molar-refractivity contribution in [2.75, 3.05) is 5.32 Å². The zero-order valence-corrected chi connectivity index (χ0v) is 18.2. The largest absolute Gasteiger partial charge is 0.352 e. The Morgan fingerprint density at radius 1 is 1.00 bits per heavy atom. The van der Waals surface area contributed by atoms with Gasteiger partial charge in [0, 0.05) is 48.7 Å². The maximum atomic E-state index is 9.13. The summed E-state index contributed by atoms with van der Waals surface area (Å²) in [4.78, 5) is 9.03. The molecule has 0 amide bonds. The van der Waals surface area contributed by atoms with E-state index >= 15 is 0 Å². The highest BCUT2D eigenvalue weighted by Gasteiger charge is 2.15. The molecule has 11 nitrogen and oxygen atoms in total. The Bertz CT molecular complexity index is 1470. The Morgan fingerprint density at radius 3 is 2.70 bits per heavy atom. The van der Waals surface area contributed by atoms with Gasteiger partial charge in [-0.05, 0) is 19.4 Å². The van der Waals surface area contributed by atoms with Crippen LogP contribution in [0.1, 0.15) is 25.8 Å². The summed E-state index contributed by atoms with van der Waals surface area (Å²) in [6, 6.07) is 5.75. The van der Waals surface area contributed by atoms with E-state index in [4.69, 9.17) is 5.26 Å². The third-order valence-corrected chi connectivity index (χ3v) is 5.15. The van der Waals surface area contributed by atoms with Gasteiger partial charge < -0.3 is 5.32 Å². The van der Waals surface area contributed by atoms with Crippen LogP contribution in [0, 0.1) is 11.3 Å². The van der Waals surface area contributed by atoms with Gasteiger partial charge in [-0.3, -0.25) is 9.36 Å². The summed E-state index contributed by atoms with van der Waals surface area (Å²) in [6.07, 6.45) is 11.5. The fourth-order valence-electron chi connectivity index (χ4n) is 3.53. The molecule has 5 rings (SSSR count). The van der Waals surface area contributed by atoms with Crippen molar-refractivity contribution < 1.29 is 0 Å². The molecule has 0 fully saturated rings. The predicted octanol–water partition coefficient (Wildman–Crippen LogP) is 3.32. The van der Waals surface area contributed by atoms with Crippen LogP contribution in [0.2, 0.25) is 0 Å². The van der Waals surface area contributed by atoms with Crippen molar-refractivity contribution >= 4 is 22.4 Å². The molecule has 0 aromatic carbocycles. The summed E-state index contributed by atoms with van der Waals surface area (Å²) in [5.41, 5.74) is 4.26.